The SMILES string of the molecule is Cc1cc2c(cc1-c1c3scc(C(C)C)c3nc[n+]1C)Cc1nccn1-2. The van der Waals surface area contributed by atoms with Gasteiger partial charge in [0.05, 0.1) is 12.7 Å². The molecule has 0 saturated carbocycles. The van der Waals surface area contributed by atoms with Crippen LogP contribution in [0.3, 0.4) is 0 Å². The molecule has 0 N–H and O–H groups in total. The fourth-order valence-corrected chi connectivity index (χ4v) is 5.24. The van der Waals surface area contributed by atoms with Gasteiger partial charge >= 0.3 is 0 Å². The summed E-state index contributed by atoms with van der Waals surface area (Å²) in [6, 6.07) is 4.65. The first kappa shape index (κ1) is 15.7. The van der Waals surface area contributed by atoms with Gasteiger partial charge in [0.15, 0.2) is 5.69 Å². The Balaban J connectivity index is 1.76. The topological polar surface area (TPSA) is 34.6 Å². The normalized spacial score (nSPS) is 12.8. The minimum Gasteiger partial charge on any atom is -0.303 e. The predicted octanol–water partition coefficient (Wildman–Crippen LogP) is 4.31. The molecule has 0 amide bonds. The molecule has 5 rings (SSSR count). The largest absolute Gasteiger partial charge is 0.303 e. The molecular weight excluding hydrogens is 340 g/mol. The molecule has 26 heavy (non-hydrogen) atoms. The third-order valence-electron chi connectivity index (χ3n) is 5.35. The Hall–Kier alpha value is -2.53. The van der Waals surface area contributed by atoms with Gasteiger partial charge < -0.3 is 4.57 Å². The average molecular weight is 361 g/mol. The monoisotopic (exact) mass is 361 g/mol. The highest BCUT2D eigenvalue weighted by Gasteiger charge is 2.25. The third-order valence-corrected chi connectivity index (χ3v) is 6.34. The number of aromatic nitrogens is 4. The molecule has 1 aliphatic rings. The maximum atomic E-state index is 4.73. The number of aryl methyl sites for hydroxylation is 2. The molecule has 130 valence electrons. The van der Waals surface area contributed by atoms with E-state index >= 15 is 0 Å². The number of fused-ring (bicyclic) bond motifs is 4. The van der Waals surface area contributed by atoms with Crippen LogP contribution in [-0.2, 0) is 13.5 Å². The number of hydrogen-bond acceptors (Lipinski definition) is 3. The average Bonchev–Trinajstić information content (AvgIpc) is 3.28. The quantitative estimate of drug-likeness (QED) is 0.439. The van der Waals surface area contributed by atoms with E-state index in [1.807, 2.05) is 23.9 Å². The standard InChI is InChI=1S/C21H21N4S/c1-12(2)16-10-26-21-19(16)23-11-24(4)20(21)15-8-14-9-18-22-5-6-25(18)17(14)7-13(15)3/h5-8,10-12H,9H2,1-4H3/q+1. The lowest BCUT2D eigenvalue weighted by molar-refractivity contribution is -0.662. The summed E-state index contributed by atoms with van der Waals surface area (Å²) in [5.74, 6) is 1.61. The number of imidazole rings is 1. The van der Waals surface area contributed by atoms with E-state index in [-0.39, 0.29) is 0 Å². The van der Waals surface area contributed by atoms with Gasteiger partial charge in [-0.2, -0.15) is 0 Å². The lowest BCUT2D eigenvalue weighted by atomic mass is 9.98. The maximum absolute atomic E-state index is 4.73. The number of rotatable bonds is 2. The summed E-state index contributed by atoms with van der Waals surface area (Å²) in [7, 11) is 2.09. The van der Waals surface area contributed by atoms with E-state index in [0.717, 1.165) is 17.8 Å². The number of hydrogen-bond donors (Lipinski definition) is 0. The first-order chi connectivity index (χ1) is 12.5. The van der Waals surface area contributed by atoms with Crippen LogP contribution >= 0.6 is 11.3 Å². The zero-order valence-electron chi connectivity index (χ0n) is 15.4. The summed E-state index contributed by atoms with van der Waals surface area (Å²) in [6.45, 7) is 6.67. The van der Waals surface area contributed by atoms with Crippen molar-refractivity contribution in [2.24, 2.45) is 7.05 Å². The van der Waals surface area contributed by atoms with Crippen molar-refractivity contribution < 1.29 is 4.57 Å². The fraction of sp³-hybridized carbons (Fsp3) is 0.286. The van der Waals surface area contributed by atoms with Gasteiger partial charge in [-0.25, -0.2) is 9.55 Å². The van der Waals surface area contributed by atoms with Gasteiger partial charge in [-0.1, -0.05) is 13.8 Å². The molecule has 3 aromatic heterocycles. The highest BCUT2D eigenvalue weighted by Crippen LogP contribution is 2.38. The van der Waals surface area contributed by atoms with Gasteiger partial charge in [-0.15, -0.1) is 11.3 Å². The van der Waals surface area contributed by atoms with E-state index < -0.39 is 0 Å². The smallest absolute Gasteiger partial charge is 0.287 e. The van der Waals surface area contributed by atoms with Crippen LogP contribution in [0.5, 0.6) is 0 Å². The summed E-state index contributed by atoms with van der Waals surface area (Å²) in [4.78, 5) is 9.22. The molecule has 4 heterocycles. The Morgan fingerprint density at radius 1 is 1.23 bits per heavy atom. The maximum Gasteiger partial charge on any atom is 0.287 e. The minimum absolute atomic E-state index is 0.481. The number of thiophene rings is 1. The van der Waals surface area contributed by atoms with E-state index in [2.05, 4.69) is 65.6 Å². The molecule has 0 saturated heterocycles. The van der Waals surface area contributed by atoms with Crippen molar-refractivity contribution in [3.8, 4) is 16.9 Å². The first-order valence-corrected chi connectivity index (χ1v) is 9.84. The van der Waals surface area contributed by atoms with Crippen LogP contribution in [-0.4, -0.2) is 14.5 Å². The second-order valence-corrected chi connectivity index (χ2v) is 8.29. The van der Waals surface area contributed by atoms with E-state index in [1.54, 1.807) is 0 Å². The number of benzene rings is 1. The van der Waals surface area contributed by atoms with Crippen molar-refractivity contribution in [2.45, 2.75) is 33.1 Å². The van der Waals surface area contributed by atoms with Gasteiger partial charge in [0.1, 0.15) is 10.5 Å². The van der Waals surface area contributed by atoms with Gasteiger partial charge in [-0.05, 0) is 46.5 Å². The van der Waals surface area contributed by atoms with E-state index in [0.29, 0.717) is 5.92 Å². The summed E-state index contributed by atoms with van der Waals surface area (Å²) in [6.07, 6.45) is 6.79. The lowest BCUT2D eigenvalue weighted by Crippen LogP contribution is -2.31. The van der Waals surface area contributed by atoms with Gasteiger partial charge in [0.25, 0.3) is 6.33 Å². The van der Waals surface area contributed by atoms with Crippen molar-refractivity contribution in [3.05, 3.63) is 58.7 Å². The summed E-state index contributed by atoms with van der Waals surface area (Å²) >= 11 is 1.81. The first-order valence-electron chi connectivity index (χ1n) is 8.97. The highest BCUT2D eigenvalue weighted by atomic mass is 32.1. The van der Waals surface area contributed by atoms with Crippen LogP contribution in [0.4, 0.5) is 0 Å². The molecule has 5 heteroatoms. The Kier molecular flexibility index (Phi) is 3.31. The van der Waals surface area contributed by atoms with Crippen LogP contribution in [0.2, 0.25) is 0 Å². The van der Waals surface area contributed by atoms with Crippen LogP contribution < -0.4 is 4.57 Å². The van der Waals surface area contributed by atoms with Crippen LogP contribution in [0, 0.1) is 6.92 Å². The zero-order valence-corrected chi connectivity index (χ0v) is 16.3. The highest BCUT2D eigenvalue weighted by molar-refractivity contribution is 7.17. The Labute approximate surface area is 156 Å². The molecule has 0 fully saturated rings. The Morgan fingerprint density at radius 2 is 2.08 bits per heavy atom. The lowest BCUT2D eigenvalue weighted by Gasteiger charge is -2.11. The molecule has 4 aromatic rings. The molecule has 0 radical (unpaired) electrons. The van der Waals surface area contributed by atoms with Crippen LogP contribution in [0.15, 0.2) is 36.2 Å². The van der Waals surface area contributed by atoms with Crippen molar-refractivity contribution in [3.63, 3.8) is 0 Å². The van der Waals surface area contributed by atoms with E-state index in [9.17, 15) is 0 Å². The summed E-state index contributed by atoms with van der Waals surface area (Å²) in [5.41, 5.74) is 8.93. The molecule has 0 aliphatic carbocycles. The Bertz CT molecular complexity index is 1170. The third kappa shape index (κ3) is 2.10. The van der Waals surface area contributed by atoms with E-state index in [1.165, 1.54) is 38.3 Å². The van der Waals surface area contributed by atoms with Crippen LogP contribution in [0.1, 0.15) is 42.3 Å². The van der Waals surface area contributed by atoms with Crippen molar-refractivity contribution in [1.82, 2.24) is 14.5 Å². The minimum atomic E-state index is 0.481. The molecule has 1 aromatic carbocycles. The van der Waals surface area contributed by atoms with Crippen molar-refractivity contribution >= 4 is 21.6 Å². The van der Waals surface area contributed by atoms with Crippen molar-refractivity contribution in [2.75, 3.05) is 0 Å². The molecule has 1 aliphatic heterocycles. The summed E-state index contributed by atoms with van der Waals surface area (Å²) in [5, 5.41) is 2.27. The van der Waals surface area contributed by atoms with Gasteiger partial charge in [0, 0.05) is 29.9 Å². The molecule has 4 nitrogen and oxygen atoms in total. The summed E-state index contributed by atoms with van der Waals surface area (Å²) < 4.78 is 5.64. The number of nitrogens with zero attached hydrogens (tertiary/aromatic N) is 4. The zero-order chi connectivity index (χ0) is 18.0. The molecule has 0 spiro atoms. The molecule has 0 bridgehead atoms. The molecule has 0 unspecified atom stereocenters. The molecular formula is C21H21N4S+. The second-order valence-electron chi connectivity index (χ2n) is 7.41. The van der Waals surface area contributed by atoms with Crippen molar-refractivity contribution in [1.29, 1.82) is 0 Å². The Morgan fingerprint density at radius 3 is 2.88 bits per heavy atom. The van der Waals surface area contributed by atoms with Gasteiger partial charge in [-0.3, -0.25) is 0 Å². The molecule has 0 atom stereocenters. The van der Waals surface area contributed by atoms with E-state index in [4.69, 9.17) is 4.98 Å². The van der Waals surface area contributed by atoms with Gasteiger partial charge in [0.2, 0.25) is 5.52 Å². The second kappa shape index (κ2) is 5.48. The predicted molar refractivity (Wildman–Crippen MR) is 105 cm³/mol. The van der Waals surface area contributed by atoms with Crippen LogP contribution in [0.25, 0.3) is 27.2 Å². The fourth-order valence-electron chi connectivity index (χ4n) is 3.96.